The van der Waals surface area contributed by atoms with Crippen LogP contribution in [0.15, 0.2) is 42.6 Å². The quantitative estimate of drug-likeness (QED) is 0.715. The highest BCUT2D eigenvalue weighted by molar-refractivity contribution is 5.92. The normalized spacial score (nSPS) is 11.8. The predicted octanol–water partition coefficient (Wildman–Crippen LogP) is 0.0476. The number of aliphatic hydroxyl groups excluding tert-OH is 1. The summed E-state index contributed by atoms with van der Waals surface area (Å²) in [6, 6.07) is 10.7. The van der Waals surface area contributed by atoms with Crippen LogP contribution in [0.1, 0.15) is 10.5 Å². The van der Waals surface area contributed by atoms with E-state index in [2.05, 4.69) is 10.4 Å². The zero-order valence-electron chi connectivity index (χ0n) is 10.4. The molecule has 0 aliphatic carbocycles. The van der Waals surface area contributed by atoms with E-state index < -0.39 is 18.0 Å². The molecule has 0 radical (unpaired) electrons. The van der Waals surface area contributed by atoms with Gasteiger partial charge in [-0.2, -0.15) is 5.10 Å². The average molecular weight is 275 g/mol. The van der Waals surface area contributed by atoms with Gasteiger partial charge in [-0.15, -0.1) is 0 Å². The molecule has 3 N–H and O–H groups in total. The monoisotopic (exact) mass is 275 g/mol. The van der Waals surface area contributed by atoms with Gasteiger partial charge in [-0.25, -0.2) is 9.48 Å². The van der Waals surface area contributed by atoms with Crippen LogP contribution in [-0.2, 0) is 4.79 Å². The van der Waals surface area contributed by atoms with Gasteiger partial charge in [0.05, 0.1) is 12.2 Å². The minimum absolute atomic E-state index is 0.145. The van der Waals surface area contributed by atoms with E-state index in [4.69, 9.17) is 10.2 Å². The SMILES string of the molecule is O=C(NCC(O)C(=O)O)c1ccn(-c2ccccc2)n1. The first kappa shape index (κ1) is 13.8. The molecule has 1 amide bonds. The van der Waals surface area contributed by atoms with E-state index in [-0.39, 0.29) is 12.2 Å². The number of benzene rings is 1. The van der Waals surface area contributed by atoms with Crippen molar-refractivity contribution in [2.75, 3.05) is 6.54 Å². The summed E-state index contributed by atoms with van der Waals surface area (Å²) in [6.45, 7) is -0.369. The lowest BCUT2D eigenvalue weighted by molar-refractivity contribution is -0.146. The summed E-state index contributed by atoms with van der Waals surface area (Å²) in [6.07, 6.45) is -0.00659. The zero-order valence-corrected chi connectivity index (χ0v) is 10.4. The summed E-state index contributed by atoms with van der Waals surface area (Å²) in [4.78, 5) is 22.1. The van der Waals surface area contributed by atoms with E-state index in [0.29, 0.717) is 0 Å². The fourth-order valence-corrected chi connectivity index (χ4v) is 1.54. The summed E-state index contributed by atoms with van der Waals surface area (Å²) in [5.74, 6) is -1.93. The Morgan fingerprint density at radius 2 is 1.95 bits per heavy atom. The molecule has 104 valence electrons. The van der Waals surface area contributed by atoms with Crippen LogP contribution >= 0.6 is 0 Å². The third-order valence-corrected chi connectivity index (χ3v) is 2.58. The smallest absolute Gasteiger partial charge is 0.334 e. The molecule has 2 aromatic rings. The van der Waals surface area contributed by atoms with Crippen molar-refractivity contribution in [3.8, 4) is 5.69 Å². The van der Waals surface area contributed by atoms with Gasteiger partial charge in [0.15, 0.2) is 11.8 Å². The Balaban J connectivity index is 2.02. The van der Waals surface area contributed by atoms with E-state index >= 15 is 0 Å². The highest BCUT2D eigenvalue weighted by Gasteiger charge is 2.16. The van der Waals surface area contributed by atoms with Gasteiger partial charge >= 0.3 is 5.97 Å². The number of aromatic nitrogens is 2. The fourth-order valence-electron chi connectivity index (χ4n) is 1.54. The van der Waals surface area contributed by atoms with Gasteiger partial charge < -0.3 is 15.5 Å². The number of carbonyl (C=O) groups excluding carboxylic acids is 1. The van der Waals surface area contributed by atoms with Gasteiger partial charge in [0.25, 0.3) is 5.91 Å². The van der Waals surface area contributed by atoms with Crippen LogP contribution in [0.2, 0.25) is 0 Å². The third-order valence-electron chi connectivity index (χ3n) is 2.58. The fraction of sp³-hybridized carbons (Fsp3) is 0.154. The van der Waals surface area contributed by atoms with Crippen LogP contribution in [0.4, 0.5) is 0 Å². The highest BCUT2D eigenvalue weighted by atomic mass is 16.4. The molecular formula is C13H13N3O4. The van der Waals surface area contributed by atoms with Crippen molar-refractivity contribution >= 4 is 11.9 Å². The molecule has 7 heteroatoms. The number of amides is 1. The lowest BCUT2D eigenvalue weighted by Gasteiger charge is -2.06. The summed E-state index contributed by atoms with van der Waals surface area (Å²) in [7, 11) is 0. The number of nitrogens with one attached hydrogen (secondary N) is 1. The zero-order chi connectivity index (χ0) is 14.5. The molecule has 1 aromatic heterocycles. The lowest BCUT2D eigenvalue weighted by Crippen LogP contribution is -2.36. The number of nitrogens with zero attached hydrogens (tertiary/aromatic N) is 2. The maximum atomic E-state index is 11.7. The second kappa shape index (κ2) is 5.98. The van der Waals surface area contributed by atoms with Gasteiger partial charge in [0.2, 0.25) is 0 Å². The topological polar surface area (TPSA) is 104 Å². The third kappa shape index (κ3) is 3.21. The standard InChI is InChI=1S/C13H13N3O4/c17-11(13(19)20)8-14-12(18)10-6-7-16(15-10)9-4-2-1-3-5-9/h1-7,11,17H,8H2,(H,14,18)(H,19,20). The van der Waals surface area contributed by atoms with Crippen molar-refractivity contribution in [1.29, 1.82) is 0 Å². The molecule has 0 fully saturated rings. The van der Waals surface area contributed by atoms with E-state index in [1.165, 1.54) is 10.7 Å². The second-order valence-electron chi connectivity index (χ2n) is 4.05. The lowest BCUT2D eigenvalue weighted by atomic mass is 10.3. The Labute approximate surface area is 114 Å². The van der Waals surface area contributed by atoms with Gasteiger partial charge in [-0.05, 0) is 18.2 Å². The van der Waals surface area contributed by atoms with Crippen molar-refractivity contribution < 1.29 is 19.8 Å². The first-order valence-electron chi connectivity index (χ1n) is 5.88. The molecule has 1 heterocycles. The number of carboxylic acids is 1. The van der Waals surface area contributed by atoms with Gasteiger partial charge in [-0.1, -0.05) is 18.2 Å². The Morgan fingerprint density at radius 1 is 1.25 bits per heavy atom. The van der Waals surface area contributed by atoms with Crippen LogP contribution < -0.4 is 5.32 Å². The number of para-hydroxylation sites is 1. The molecule has 0 saturated heterocycles. The number of carboxylic acid groups (broad SMARTS) is 1. The molecule has 0 aliphatic heterocycles. The molecular weight excluding hydrogens is 262 g/mol. The van der Waals surface area contributed by atoms with Crippen molar-refractivity contribution in [3.05, 3.63) is 48.3 Å². The maximum absolute atomic E-state index is 11.7. The van der Waals surface area contributed by atoms with E-state index in [1.807, 2.05) is 30.3 Å². The van der Waals surface area contributed by atoms with Crippen LogP contribution in [0.5, 0.6) is 0 Å². The van der Waals surface area contributed by atoms with Crippen molar-refractivity contribution in [2.45, 2.75) is 6.10 Å². The maximum Gasteiger partial charge on any atom is 0.334 e. The Hall–Kier alpha value is -2.67. The largest absolute Gasteiger partial charge is 0.479 e. The molecule has 0 saturated carbocycles. The van der Waals surface area contributed by atoms with Gasteiger partial charge in [0, 0.05) is 6.20 Å². The van der Waals surface area contributed by atoms with Gasteiger partial charge in [0.1, 0.15) is 0 Å². The van der Waals surface area contributed by atoms with Crippen LogP contribution in [0, 0.1) is 0 Å². The van der Waals surface area contributed by atoms with Crippen molar-refractivity contribution in [2.24, 2.45) is 0 Å². The van der Waals surface area contributed by atoms with E-state index in [9.17, 15) is 9.59 Å². The highest BCUT2D eigenvalue weighted by Crippen LogP contribution is 2.06. The summed E-state index contributed by atoms with van der Waals surface area (Å²) < 4.78 is 1.53. The molecule has 20 heavy (non-hydrogen) atoms. The number of hydrogen-bond acceptors (Lipinski definition) is 4. The molecule has 1 unspecified atom stereocenters. The number of rotatable bonds is 5. The van der Waals surface area contributed by atoms with E-state index in [0.717, 1.165) is 5.69 Å². The summed E-state index contributed by atoms with van der Waals surface area (Å²) >= 11 is 0. The molecule has 1 aromatic carbocycles. The Kier molecular flexibility index (Phi) is 4.11. The Bertz CT molecular complexity index is 609. The molecule has 0 bridgehead atoms. The molecule has 7 nitrogen and oxygen atoms in total. The Morgan fingerprint density at radius 3 is 2.60 bits per heavy atom. The number of hydrogen-bond donors (Lipinski definition) is 3. The number of aliphatic carboxylic acids is 1. The minimum atomic E-state index is -1.63. The van der Waals surface area contributed by atoms with Crippen LogP contribution in [0.25, 0.3) is 5.69 Å². The predicted molar refractivity (Wildman–Crippen MR) is 69.5 cm³/mol. The van der Waals surface area contributed by atoms with Crippen LogP contribution in [0.3, 0.4) is 0 Å². The van der Waals surface area contributed by atoms with Crippen molar-refractivity contribution in [1.82, 2.24) is 15.1 Å². The second-order valence-corrected chi connectivity index (χ2v) is 4.05. The minimum Gasteiger partial charge on any atom is -0.479 e. The summed E-state index contributed by atoms with van der Waals surface area (Å²) in [5.41, 5.74) is 0.948. The number of carbonyl (C=O) groups is 2. The first-order valence-corrected chi connectivity index (χ1v) is 5.88. The molecule has 0 spiro atoms. The van der Waals surface area contributed by atoms with Crippen molar-refractivity contribution in [3.63, 3.8) is 0 Å². The first-order chi connectivity index (χ1) is 9.58. The average Bonchev–Trinajstić information content (AvgIpc) is 2.95. The summed E-state index contributed by atoms with van der Waals surface area (Å²) in [5, 5.41) is 23.9. The molecule has 2 rings (SSSR count). The van der Waals surface area contributed by atoms with Crippen LogP contribution in [-0.4, -0.2) is 44.5 Å². The van der Waals surface area contributed by atoms with E-state index in [1.54, 1.807) is 6.20 Å². The molecule has 0 aliphatic rings. The number of aliphatic hydroxyl groups is 1. The molecule has 1 atom stereocenters. The van der Waals surface area contributed by atoms with Gasteiger partial charge in [-0.3, -0.25) is 4.79 Å².